The molecule has 4 spiro atoms. The third kappa shape index (κ3) is 7.53. The lowest BCUT2D eigenvalue weighted by molar-refractivity contribution is -0.411. The first-order valence-electron chi connectivity index (χ1n) is 22.2. The SMILES string of the molecule is C=C1CCCC2=NCC(C)C(C)CC23CCC(C(O)CCC(=O)O)=CC3C2OC3(CC(C)C(O)C2O3)CC2OC3(CCC4(OC(CCC4(C)O)C1)O3)CC(C)C2O. The first kappa shape index (κ1) is 42.0. The zero-order chi connectivity index (χ0) is 40.7. The van der Waals surface area contributed by atoms with Crippen LogP contribution in [0.5, 0.6) is 0 Å². The van der Waals surface area contributed by atoms with E-state index in [1.54, 1.807) is 6.92 Å². The molecular formula is C45H69NO11. The van der Waals surface area contributed by atoms with Crippen molar-refractivity contribution in [3.63, 3.8) is 0 Å². The summed E-state index contributed by atoms with van der Waals surface area (Å²) in [5.74, 6) is -4.46. The lowest BCUT2D eigenvalue weighted by Gasteiger charge is -2.51. The van der Waals surface area contributed by atoms with E-state index in [1.165, 1.54) is 0 Å². The summed E-state index contributed by atoms with van der Waals surface area (Å²) in [6, 6.07) is 0. The molecule has 0 aromatic carbocycles. The Morgan fingerprint density at radius 1 is 0.877 bits per heavy atom. The van der Waals surface area contributed by atoms with Gasteiger partial charge in [-0.3, -0.25) is 9.79 Å². The summed E-state index contributed by atoms with van der Waals surface area (Å²) >= 11 is 0. The Morgan fingerprint density at radius 3 is 2.39 bits per heavy atom. The maximum absolute atomic E-state index is 11.9. The zero-order valence-electron chi connectivity index (χ0n) is 34.9. The molecule has 17 unspecified atom stereocenters. The molecule has 6 fully saturated rings. The Labute approximate surface area is 338 Å². The number of fused-ring (bicyclic) bond motifs is 6. The summed E-state index contributed by atoms with van der Waals surface area (Å²) in [6.07, 6.45) is 5.85. The van der Waals surface area contributed by atoms with Crippen LogP contribution in [0.1, 0.15) is 137 Å². The number of carbonyl (C=O) groups is 1. The molecule has 12 nitrogen and oxygen atoms in total. The van der Waals surface area contributed by atoms with Gasteiger partial charge >= 0.3 is 5.97 Å². The Kier molecular flexibility index (Phi) is 11.3. The average Bonchev–Trinajstić information content (AvgIpc) is 3.63. The molecule has 17 atom stereocenters. The minimum atomic E-state index is -1.26. The topological polar surface area (TPSA) is 177 Å². The van der Waals surface area contributed by atoms with Crippen molar-refractivity contribution < 1.29 is 54.0 Å². The molecule has 0 amide bonds. The number of hydrogen-bond donors (Lipinski definition) is 5. The minimum Gasteiger partial charge on any atom is -0.481 e. The normalized spacial score (nSPS) is 50.8. The van der Waals surface area contributed by atoms with Gasteiger partial charge in [-0.15, -0.1) is 0 Å². The Bertz CT molecular complexity index is 1610. The molecule has 0 aromatic rings. The summed E-state index contributed by atoms with van der Waals surface area (Å²) in [4.78, 5) is 17.0. The highest BCUT2D eigenvalue weighted by molar-refractivity contribution is 5.91. The van der Waals surface area contributed by atoms with Crippen LogP contribution in [0.3, 0.4) is 0 Å². The minimum absolute atomic E-state index is 0.118. The van der Waals surface area contributed by atoms with Crippen molar-refractivity contribution in [3.8, 4) is 0 Å². The molecule has 7 bridgehead atoms. The molecule has 7 aliphatic heterocycles. The fraction of sp³-hybridized carbons (Fsp3) is 0.867. The number of aliphatic hydroxyl groups is 4. The van der Waals surface area contributed by atoms with Gasteiger partial charge < -0.3 is 49.2 Å². The van der Waals surface area contributed by atoms with Crippen LogP contribution in [0.25, 0.3) is 0 Å². The smallest absolute Gasteiger partial charge is 0.303 e. The molecule has 12 heteroatoms. The molecule has 6 saturated heterocycles. The molecule has 8 aliphatic rings. The second-order valence-electron chi connectivity index (χ2n) is 20.2. The third-order valence-electron chi connectivity index (χ3n) is 15.9. The van der Waals surface area contributed by atoms with Crippen LogP contribution < -0.4 is 0 Å². The van der Waals surface area contributed by atoms with Gasteiger partial charge in [-0.05, 0) is 100 Å². The van der Waals surface area contributed by atoms with Crippen LogP contribution in [0.4, 0.5) is 0 Å². The van der Waals surface area contributed by atoms with Gasteiger partial charge in [0.05, 0.1) is 36.6 Å². The van der Waals surface area contributed by atoms with Gasteiger partial charge in [0.1, 0.15) is 11.7 Å². The standard InChI is InChI=1S/C45H69NO11/c1-25-8-7-9-35-42(20-26(2)29(5)24-46-35)15-12-30(33(47)10-11-36(48)49)19-32(42)39-40-38(51)28(4)22-44(55-39,56-40)23-34-37(50)27(3)21-43(54-34)16-17-45(57-43)41(6,52)14-13-31(18-25)53-45/h19,26-29,31-34,37-40,47,50-52H,1,7-18,20-24H2,2-6H3,(H,48,49). The van der Waals surface area contributed by atoms with Gasteiger partial charge in [-0.1, -0.05) is 45.9 Å². The van der Waals surface area contributed by atoms with Crippen LogP contribution in [0, 0.1) is 35.0 Å². The molecule has 0 aromatic heterocycles. The number of rotatable bonds is 4. The van der Waals surface area contributed by atoms with E-state index in [4.69, 9.17) is 28.7 Å². The van der Waals surface area contributed by atoms with Crippen LogP contribution >= 0.6 is 0 Å². The monoisotopic (exact) mass is 799 g/mol. The van der Waals surface area contributed by atoms with E-state index in [-0.39, 0.29) is 43.1 Å². The third-order valence-corrected chi connectivity index (χ3v) is 15.9. The molecule has 1 aliphatic carbocycles. The largest absolute Gasteiger partial charge is 0.481 e. The van der Waals surface area contributed by atoms with Crippen molar-refractivity contribution in [3.05, 3.63) is 23.8 Å². The predicted molar refractivity (Wildman–Crippen MR) is 211 cm³/mol. The van der Waals surface area contributed by atoms with E-state index in [9.17, 15) is 30.3 Å². The predicted octanol–water partition coefficient (Wildman–Crippen LogP) is 5.97. The van der Waals surface area contributed by atoms with E-state index in [2.05, 4.69) is 26.5 Å². The maximum atomic E-state index is 11.9. The number of carboxylic acids is 1. The highest BCUT2D eigenvalue weighted by atomic mass is 16.8. The Balaban J connectivity index is 1.22. The molecule has 5 N–H and O–H groups in total. The first-order valence-corrected chi connectivity index (χ1v) is 22.2. The zero-order valence-corrected chi connectivity index (χ0v) is 34.9. The van der Waals surface area contributed by atoms with Crippen molar-refractivity contribution in [2.45, 2.75) is 203 Å². The Hall–Kier alpha value is -1.74. The molecular weight excluding hydrogens is 730 g/mol. The van der Waals surface area contributed by atoms with E-state index in [0.717, 1.165) is 49.0 Å². The number of carboxylic acid groups (broad SMARTS) is 1. The van der Waals surface area contributed by atoms with Gasteiger partial charge in [-0.25, -0.2) is 0 Å². The summed E-state index contributed by atoms with van der Waals surface area (Å²) in [7, 11) is 0. The number of aliphatic imine (C=N–C) groups is 1. The summed E-state index contributed by atoms with van der Waals surface area (Å²) in [6.45, 7) is 15.6. The van der Waals surface area contributed by atoms with E-state index in [0.29, 0.717) is 69.7 Å². The van der Waals surface area contributed by atoms with Crippen molar-refractivity contribution in [1.82, 2.24) is 0 Å². The highest BCUT2D eigenvalue weighted by Gasteiger charge is 2.67. The molecule has 8 rings (SSSR count). The second-order valence-corrected chi connectivity index (χ2v) is 20.2. The van der Waals surface area contributed by atoms with Crippen LogP contribution in [0.15, 0.2) is 28.8 Å². The Morgan fingerprint density at radius 2 is 1.61 bits per heavy atom. The molecule has 7 heterocycles. The maximum Gasteiger partial charge on any atom is 0.303 e. The van der Waals surface area contributed by atoms with E-state index in [1.807, 2.05) is 13.8 Å². The summed E-state index contributed by atoms with van der Waals surface area (Å²) in [5, 5.41) is 56.6. The number of nitrogens with zero attached hydrogens (tertiary/aromatic N) is 1. The van der Waals surface area contributed by atoms with Crippen molar-refractivity contribution in [1.29, 1.82) is 0 Å². The summed E-state index contributed by atoms with van der Waals surface area (Å²) in [5.41, 5.74) is 1.35. The van der Waals surface area contributed by atoms with Gasteiger partial charge in [-0.2, -0.15) is 0 Å². The second kappa shape index (κ2) is 15.3. The molecule has 57 heavy (non-hydrogen) atoms. The lowest BCUT2D eigenvalue weighted by Crippen LogP contribution is -2.62. The van der Waals surface area contributed by atoms with E-state index >= 15 is 0 Å². The van der Waals surface area contributed by atoms with Crippen molar-refractivity contribution >= 4 is 11.7 Å². The highest BCUT2D eigenvalue weighted by Crippen LogP contribution is 2.59. The molecule has 0 saturated carbocycles. The van der Waals surface area contributed by atoms with Crippen LogP contribution in [-0.2, 0) is 28.5 Å². The fourth-order valence-corrected chi connectivity index (χ4v) is 12.4. The first-order chi connectivity index (χ1) is 26.9. The van der Waals surface area contributed by atoms with Crippen LogP contribution in [0.2, 0.25) is 0 Å². The molecule has 0 radical (unpaired) electrons. The van der Waals surface area contributed by atoms with Gasteiger partial charge in [0, 0.05) is 62.1 Å². The average molecular weight is 800 g/mol. The van der Waals surface area contributed by atoms with Crippen LogP contribution in [-0.4, -0.2) is 109 Å². The fourth-order valence-electron chi connectivity index (χ4n) is 12.4. The quantitative estimate of drug-likeness (QED) is 0.212. The van der Waals surface area contributed by atoms with Gasteiger partial charge in [0.15, 0.2) is 11.6 Å². The van der Waals surface area contributed by atoms with Crippen molar-refractivity contribution in [2.75, 3.05) is 6.54 Å². The van der Waals surface area contributed by atoms with Gasteiger partial charge in [0.25, 0.3) is 0 Å². The molecule has 320 valence electrons. The van der Waals surface area contributed by atoms with Crippen molar-refractivity contribution in [2.24, 2.45) is 40.0 Å². The number of aliphatic hydroxyl groups excluding tert-OH is 3. The number of aliphatic carboxylic acids is 1. The number of ether oxygens (including phenoxy) is 5. The summed E-state index contributed by atoms with van der Waals surface area (Å²) < 4.78 is 35.0. The lowest BCUT2D eigenvalue weighted by atomic mass is 9.57. The van der Waals surface area contributed by atoms with Gasteiger partial charge in [0.2, 0.25) is 5.79 Å². The van der Waals surface area contributed by atoms with E-state index < -0.39 is 71.0 Å². The number of hydrogen-bond acceptors (Lipinski definition) is 11.